The standard InChI is InChI=1S/C21H25FN8O3S/c1-3-30-20(18-19(23-14(2)31)27-33-26-18)24-25-21(30)34-13-17(32)29-10-8-28(9-11-29)12-15-4-6-16(22)7-5-15/h4-7H,3,8-13H2,1-2H3,(H,23,27,31). The van der Waals surface area contributed by atoms with E-state index in [1.165, 1.54) is 30.8 Å². The van der Waals surface area contributed by atoms with E-state index in [2.05, 4.69) is 30.7 Å². The van der Waals surface area contributed by atoms with Crippen LogP contribution in [0.4, 0.5) is 10.2 Å². The van der Waals surface area contributed by atoms with Crippen LogP contribution in [0.15, 0.2) is 34.1 Å². The average Bonchev–Trinajstić information content (AvgIpc) is 3.45. The molecule has 1 aliphatic heterocycles. The van der Waals surface area contributed by atoms with E-state index in [4.69, 9.17) is 4.63 Å². The molecular formula is C21H25FN8O3S. The van der Waals surface area contributed by atoms with Crippen molar-refractivity contribution in [1.82, 2.24) is 34.9 Å². The Balaban J connectivity index is 1.32. The molecule has 1 aromatic carbocycles. The van der Waals surface area contributed by atoms with Crippen LogP contribution >= 0.6 is 11.8 Å². The van der Waals surface area contributed by atoms with Gasteiger partial charge in [0.05, 0.1) is 5.75 Å². The number of halogens is 1. The number of nitrogens with zero attached hydrogens (tertiary/aromatic N) is 7. The summed E-state index contributed by atoms with van der Waals surface area (Å²) in [4.78, 5) is 28.3. The lowest BCUT2D eigenvalue weighted by molar-refractivity contribution is -0.130. The number of hydrogen-bond acceptors (Lipinski definition) is 9. The number of amides is 2. The number of nitrogens with one attached hydrogen (secondary N) is 1. The monoisotopic (exact) mass is 488 g/mol. The zero-order valence-electron chi connectivity index (χ0n) is 18.9. The zero-order valence-corrected chi connectivity index (χ0v) is 19.7. The van der Waals surface area contributed by atoms with Crippen molar-refractivity contribution in [2.45, 2.75) is 32.1 Å². The number of carbonyl (C=O) groups excluding carboxylic acids is 2. The molecule has 0 atom stereocenters. The Morgan fingerprint density at radius 2 is 1.85 bits per heavy atom. The van der Waals surface area contributed by atoms with Crippen LogP contribution in [0.25, 0.3) is 11.5 Å². The van der Waals surface area contributed by atoms with Gasteiger partial charge in [0.2, 0.25) is 17.6 Å². The number of benzene rings is 1. The maximum Gasteiger partial charge on any atom is 0.233 e. The van der Waals surface area contributed by atoms with Crippen molar-refractivity contribution in [3.8, 4) is 11.5 Å². The van der Waals surface area contributed by atoms with E-state index in [1.807, 2.05) is 11.8 Å². The van der Waals surface area contributed by atoms with E-state index in [-0.39, 0.29) is 34.9 Å². The van der Waals surface area contributed by atoms with Crippen LogP contribution in [0, 0.1) is 5.82 Å². The smallest absolute Gasteiger partial charge is 0.233 e. The molecule has 3 heterocycles. The second kappa shape index (κ2) is 10.7. The molecule has 1 fully saturated rings. The van der Waals surface area contributed by atoms with Gasteiger partial charge < -0.3 is 14.8 Å². The number of anilines is 1. The summed E-state index contributed by atoms with van der Waals surface area (Å²) in [5.74, 6) is 0.274. The maximum atomic E-state index is 13.1. The lowest BCUT2D eigenvalue weighted by Gasteiger charge is -2.34. The Hall–Kier alpha value is -3.32. The molecule has 13 heteroatoms. The van der Waals surface area contributed by atoms with E-state index < -0.39 is 0 Å². The minimum Gasteiger partial charge on any atom is -0.339 e. The van der Waals surface area contributed by atoms with Crippen molar-refractivity contribution in [3.63, 3.8) is 0 Å². The molecule has 0 unspecified atom stereocenters. The molecule has 1 saturated heterocycles. The molecular weight excluding hydrogens is 463 g/mol. The third kappa shape index (κ3) is 5.59. The van der Waals surface area contributed by atoms with Crippen molar-refractivity contribution < 1.29 is 18.6 Å². The summed E-state index contributed by atoms with van der Waals surface area (Å²) in [5, 5.41) is 19.0. The fraction of sp³-hybridized carbons (Fsp3) is 0.429. The van der Waals surface area contributed by atoms with Crippen molar-refractivity contribution in [3.05, 3.63) is 35.6 Å². The van der Waals surface area contributed by atoms with Crippen LogP contribution in [-0.4, -0.2) is 78.6 Å². The number of aromatic nitrogens is 5. The van der Waals surface area contributed by atoms with Gasteiger partial charge >= 0.3 is 0 Å². The van der Waals surface area contributed by atoms with Crippen LogP contribution in [0.3, 0.4) is 0 Å². The quantitative estimate of drug-likeness (QED) is 0.474. The van der Waals surface area contributed by atoms with Crippen LogP contribution in [0.5, 0.6) is 0 Å². The van der Waals surface area contributed by atoms with Gasteiger partial charge in [-0.25, -0.2) is 9.02 Å². The predicted molar refractivity (Wildman–Crippen MR) is 122 cm³/mol. The third-order valence-corrected chi connectivity index (χ3v) is 6.35. The summed E-state index contributed by atoms with van der Waals surface area (Å²) in [6.07, 6.45) is 0. The largest absolute Gasteiger partial charge is 0.339 e. The van der Waals surface area contributed by atoms with E-state index in [1.54, 1.807) is 16.7 Å². The van der Waals surface area contributed by atoms with Gasteiger partial charge in [-0.15, -0.1) is 10.2 Å². The molecule has 2 aromatic heterocycles. The molecule has 11 nitrogen and oxygen atoms in total. The van der Waals surface area contributed by atoms with Crippen LogP contribution in [-0.2, 0) is 22.7 Å². The topological polar surface area (TPSA) is 122 Å². The second-order valence-corrected chi connectivity index (χ2v) is 8.71. The van der Waals surface area contributed by atoms with E-state index in [9.17, 15) is 14.0 Å². The average molecular weight is 489 g/mol. The molecule has 1 N–H and O–H groups in total. The number of carbonyl (C=O) groups is 2. The van der Waals surface area contributed by atoms with Gasteiger partial charge in [0, 0.05) is 46.2 Å². The number of rotatable bonds is 8. The molecule has 0 radical (unpaired) electrons. The first kappa shape index (κ1) is 23.8. The van der Waals surface area contributed by atoms with Gasteiger partial charge in [-0.3, -0.25) is 14.5 Å². The first-order chi connectivity index (χ1) is 16.4. The zero-order chi connectivity index (χ0) is 24.1. The van der Waals surface area contributed by atoms with Gasteiger partial charge in [-0.05, 0) is 34.9 Å². The first-order valence-electron chi connectivity index (χ1n) is 10.9. The molecule has 0 spiro atoms. The van der Waals surface area contributed by atoms with Crippen LogP contribution < -0.4 is 5.32 Å². The Kier molecular flexibility index (Phi) is 7.53. The summed E-state index contributed by atoms with van der Waals surface area (Å²) < 4.78 is 19.6. The highest BCUT2D eigenvalue weighted by atomic mass is 32.2. The molecule has 2 amide bonds. The molecule has 34 heavy (non-hydrogen) atoms. The van der Waals surface area contributed by atoms with Gasteiger partial charge in [0.1, 0.15) is 5.82 Å². The van der Waals surface area contributed by atoms with E-state index >= 15 is 0 Å². The van der Waals surface area contributed by atoms with Crippen molar-refractivity contribution >= 4 is 29.4 Å². The highest BCUT2D eigenvalue weighted by Crippen LogP contribution is 2.27. The molecule has 0 aliphatic carbocycles. The maximum absolute atomic E-state index is 13.1. The first-order valence-corrected chi connectivity index (χ1v) is 11.8. The Bertz CT molecular complexity index is 1140. The third-order valence-electron chi connectivity index (χ3n) is 5.40. The Labute approximate surface area is 199 Å². The van der Waals surface area contributed by atoms with Crippen molar-refractivity contribution in [1.29, 1.82) is 0 Å². The van der Waals surface area contributed by atoms with E-state index in [0.717, 1.165) is 25.2 Å². The molecule has 4 rings (SSSR count). The molecule has 0 saturated carbocycles. The Morgan fingerprint density at radius 3 is 2.53 bits per heavy atom. The molecule has 3 aromatic rings. The Morgan fingerprint density at radius 1 is 1.12 bits per heavy atom. The van der Waals surface area contributed by atoms with Crippen LogP contribution in [0.1, 0.15) is 19.4 Å². The SMILES string of the molecule is CCn1c(SCC(=O)N2CCN(Cc3ccc(F)cc3)CC2)nnc1-c1nonc1NC(C)=O. The summed E-state index contributed by atoms with van der Waals surface area (Å²) in [5.41, 5.74) is 1.33. The van der Waals surface area contributed by atoms with Gasteiger partial charge in [-0.2, -0.15) is 0 Å². The normalized spacial score (nSPS) is 14.4. The second-order valence-electron chi connectivity index (χ2n) is 7.77. The van der Waals surface area contributed by atoms with Crippen molar-refractivity contribution in [2.75, 3.05) is 37.2 Å². The summed E-state index contributed by atoms with van der Waals surface area (Å²) in [7, 11) is 0. The van der Waals surface area contributed by atoms with Gasteiger partial charge in [0.25, 0.3) is 0 Å². The van der Waals surface area contributed by atoms with Gasteiger partial charge in [-0.1, -0.05) is 23.9 Å². The number of hydrogen-bond donors (Lipinski definition) is 1. The molecule has 0 bridgehead atoms. The minimum absolute atomic E-state index is 0.0284. The van der Waals surface area contributed by atoms with Crippen molar-refractivity contribution in [2.24, 2.45) is 0 Å². The van der Waals surface area contributed by atoms with Gasteiger partial charge in [0.15, 0.2) is 16.7 Å². The summed E-state index contributed by atoms with van der Waals surface area (Å²) >= 11 is 1.30. The highest BCUT2D eigenvalue weighted by molar-refractivity contribution is 7.99. The molecule has 180 valence electrons. The summed E-state index contributed by atoms with van der Waals surface area (Å²) in [6, 6.07) is 6.50. The fourth-order valence-corrected chi connectivity index (χ4v) is 4.57. The number of piperazine rings is 1. The van der Waals surface area contributed by atoms with Crippen LogP contribution in [0.2, 0.25) is 0 Å². The minimum atomic E-state index is -0.308. The lowest BCUT2D eigenvalue weighted by Crippen LogP contribution is -2.48. The lowest BCUT2D eigenvalue weighted by atomic mass is 10.2. The molecule has 1 aliphatic rings. The number of thioether (sulfide) groups is 1. The predicted octanol–water partition coefficient (Wildman–Crippen LogP) is 1.88. The van der Waals surface area contributed by atoms with E-state index in [0.29, 0.717) is 30.6 Å². The fourth-order valence-electron chi connectivity index (χ4n) is 3.66. The summed E-state index contributed by atoms with van der Waals surface area (Å²) in [6.45, 7) is 7.34. The highest BCUT2D eigenvalue weighted by Gasteiger charge is 2.24.